The Labute approximate surface area is 138 Å². The van der Waals surface area contributed by atoms with Crippen molar-refractivity contribution in [1.82, 2.24) is 0 Å². The van der Waals surface area contributed by atoms with E-state index in [1.54, 1.807) is 0 Å². The lowest BCUT2D eigenvalue weighted by Gasteiger charge is -2.16. The molecule has 1 fully saturated rings. The van der Waals surface area contributed by atoms with E-state index in [9.17, 15) is 4.79 Å². The van der Waals surface area contributed by atoms with Crippen LogP contribution in [0.1, 0.15) is 49.5 Å². The zero-order chi connectivity index (χ0) is 16.7. The molecule has 0 radical (unpaired) electrons. The van der Waals surface area contributed by atoms with Crippen LogP contribution < -0.4 is 0 Å². The van der Waals surface area contributed by atoms with Crippen LogP contribution in [-0.4, -0.2) is 31.9 Å². The van der Waals surface area contributed by atoms with Gasteiger partial charge in [-0.1, -0.05) is 35.9 Å². The first kappa shape index (κ1) is 17.7. The maximum absolute atomic E-state index is 11.4. The second kappa shape index (κ2) is 8.85. The quantitative estimate of drug-likeness (QED) is 0.513. The maximum atomic E-state index is 11.4. The molecule has 4 nitrogen and oxygen atoms in total. The third-order valence-corrected chi connectivity index (χ3v) is 3.73. The Morgan fingerprint density at radius 3 is 2.96 bits per heavy atom. The summed E-state index contributed by atoms with van der Waals surface area (Å²) in [5, 5.41) is 0. The molecule has 4 heteroatoms. The number of carbonyl (C=O) groups excluding carboxylic acids is 1. The number of allylic oxidation sites excluding steroid dienone is 1. The van der Waals surface area contributed by atoms with Gasteiger partial charge in [0.15, 0.2) is 0 Å². The van der Waals surface area contributed by atoms with Crippen LogP contribution in [0.15, 0.2) is 24.3 Å². The number of rotatable bonds is 9. The van der Waals surface area contributed by atoms with Gasteiger partial charge in [-0.15, -0.1) is 0 Å². The van der Waals surface area contributed by atoms with Gasteiger partial charge >= 0.3 is 5.97 Å². The lowest BCUT2D eigenvalue weighted by Crippen LogP contribution is -2.07. The summed E-state index contributed by atoms with van der Waals surface area (Å²) >= 11 is 0. The van der Waals surface area contributed by atoms with Crippen LogP contribution in [0.4, 0.5) is 0 Å². The highest BCUT2D eigenvalue weighted by Crippen LogP contribution is 2.25. The van der Waals surface area contributed by atoms with E-state index in [-0.39, 0.29) is 18.2 Å². The topological polar surface area (TPSA) is 48.1 Å². The van der Waals surface area contributed by atoms with Gasteiger partial charge in [-0.05, 0) is 38.3 Å². The van der Waals surface area contributed by atoms with E-state index >= 15 is 0 Å². The lowest BCUT2D eigenvalue weighted by molar-refractivity contribution is -0.142. The van der Waals surface area contributed by atoms with E-state index in [0.717, 1.165) is 17.7 Å². The van der Waals surface area contributed by atoms with Crippen LogP contribution in [0.3, 0.4) is 0 Å². The van der Waals surface area contributed by atoms with Crippen LogP contribution in [0.25, 0.3) is 6.08 Å². The summed E-state index contributed by atoms with van der Waals surface area (Å²) in [5.74, 6) is -0.150. The maximum Gasteiger partial charge on any atom is 0.306 e. The predicted molar refractivity (Wildman–Crippen MR) is 90.2 cm³/mol. The van der Waals surface area contributed by atoms with E-state index < -0.39 is 0 Å². The highest BCUT2D eigenvalue weighted by Gasteiger charge is 2.24. The zero-order valence-electron chi connectivity index (χ0n) is 14.2. The smallest absolute Gasteiger partial charge is 0.306 e. The number of carbonyl (C=O) groups is 1. The van der Waals surface area contributed by atoms with Gasteiger partial charge in [-0.25, -0.2) is 0 Å². The first-order valence-electron chi connectivity index (χ1n) is 8.26. The van der Waals surface area contributed by atoms with Crippen molar-refractivity contribution in [2.45, 2.75) is 45.8 Å². The molecule has 0 bridgehead atoms. The van der Waals surface area contributed by atoms with E-state index in [1.165, 1.54) is 5.56 Å². The Hall–Kier alpha value is -1.65. The lowest BCUT2D eigenvalue weighted by atomic mass is 10.00. The van der Waals surface area contributed by atoms with Crippen molar-refractivity contribution in [2.75, 3.05) is 19.8 Å². The van der Waals surface area contributed by atoms with Crippen molar-refractivity contribution >= 4 is 12.0 Å². The molecule has 1 aliphatic heterocycles. The van der Waals surface area contributed by atoms with Crippen LogP contribution in [0.2, 0.25) is 0 Å². The fraction of sp³-hybridized carbons (Fsp3) is 0.526. The van der Waals surface area contributed by atoms with E-state index in [2.05, 4.69) is 38.1 Å². The fourth-order valence-electron chi connectivity index (χ4n) is 2.36. The molecule has 2 atom stereocenters. The van der Waals surface area contributed by atoms with Crippen LogP contribution in [0.5, 0.6) is 0 Å². The average molecular weight is 318 g/mol. The molecule has 23 heavy (non-hydrogen) atoms. The minimum absolute atomic E-state index is 0.0181. The van der Waals surface area contributed by atoms with Crippen LogP contribution >= 0.6 is 0 Å². The third kappa shape index (κ3) is 6.16. The molecule has 1 heterocycles. The molecule has 1 aromatic rings. The first-order valence-corrected chi connectivity index (χ1v) is 8.26. The molecule has 1 aromatic carbocycles. The number of hydrogen-bond donors (Lipinski definition) is 0. The van der Waals surface area contributed by atoms with Gasteiger partial charge in [0.25, 0.3) is 0 Å². The Morgan fingerprint density at radius 2 is 2.26 bits per heavy atom. The van der Waals surface area contributed by atoms with Crippen molar-refractivity contribution in [3.05, 3.63) is 41.0 Å². The predicted octanol–water partition coefficient (Wildman–Crippen LogP) is 3.83. The standard InChI is InChI=1S/C19H26O4/c1-4-21-19(20)8-6-5-7-16-11-14(2)9-10-18(16)15(3)22-12-17-13-23-17/h5,7,9-11,15,17H,4,6,8,12-13H2,1-3H3/b7-5+. The molecule has 126 valence electrons. The molecule has 0 spiro atoms. The summed E-state index contributed by atoms with van der Waals surface area (Å²) in [4.78, 5) is 11.4. The SMILES string of the molecule is CCOC(=O)CC/C=C/c1cc(C)ccc1C(C)OCC1CO1. The number of benzene rings is 1. The number of hydrogen-bond acceptors (Lipinski definition) is 4. The highest BCUT2D eigenvalue weighted by molar-refractivity contribution is 5.69. The Kier molecular flexibility index (Phi) is 6.81. The molecule has 0 aliphatic carbocycles. The Bertz CT molecular complexity index is 546. The summed E-state index contributed by atoms with van der Waals surface area (Å²) in [6, 6.07) is 6.35. The Balaban J connectivity index is 1.95. The van der Waals surface area contributed by atoms with Crippen molar-refractivity contribution < 1.29 is 19.0 Å². The minimum atomic E-state index is -0.150. The van der Waals surface area contributed by atoms with Gasteiger partial charge in [0.1, 0.15) is 6.10 Å². The van der Waals surface area contributed by atoms with Crippen molar-refractivity contribution in [3.63, 3.8) is 0 Å². The summed E-state index contributed by atoms with van der Waals surface area (Å²) in [5.41, 5.74) is 3.50. The largest absolute Gasteiger partial charge is 0.466 e. The van der Waals surface area contributed by atoms with Gasteiger partial charge in [0.2, 0.25) is 0 Å². The van der Waals surface area contributed by atoms with Crippen molar-refractivity contribution in [3.8, 4) is 0 Å². The fourth-order valence-corrected chi connectivity index (χ4v) is 2.36. The summed E-state index contributed by atoms with van der Waals surface area (Å²) in [6.07, 6.45) is 5.46. The molecule has 2 unspecified atom stereocenters. The normalized spacial score (nSPS) is 18.1. The van der Waals surface area contributed by atoms with Crippen molar-refractivity contribution in [1.29, 1.82) is 0 Å². The molecule has 0 amide bonds. The van der Waals surface area contributed by atoms with Crippen LogP contribution in [0, 0.1) is 6.92 Å². The van der Waals surface area contributed by atoms with E-state index in [0.29, 0.717) is 26.1 Å². The summed E-state index contributed by atoms with van der Waals surface area (Å²) in [7, 11) is 0. The van der Waals surface area contributed by atoms with Gasteiger partial charge in [0.05, 0.1) is 25.9 Å². The highest BCUT2D eigenvalue weighted by atomic mass is 16.6. The summed E-state index contributed by atoms with van der Waals surface area (Å²) in [6.45, 7) is 7.83. The number of epoxide rings is 1. The minimum Gasteiger partial charge on any atom is -0.466 e. The number of esters is 1. The van der Waals surface area contributed by atoms with Gasteiger partial charge in [0, 0.05) is 6.42 Å². The molecule has 2 rings (SSSR count). The summed E-state index contributed by atoms with van der Waals surface area (Å²) < 4.78 is 16.0. The zero-order valence-corrected chi connectivity index (χ0v) is 14.2. The molecule has 0 saturated carbocycles. The van der Waals surface area contributed by atoms with Crippen molar-refractivity contribution in [2.24, 2.45) is 0 Å². The molecular weight excluding hydrogens is 292 g/mol. The van der Waals surface area contributed by atoms with E-state index in [4.69, 9.17) is 14.2 Å². The number of ether oxygens (including phenoxy) is 3. The number of aryl methyl sites for hydroxylation is 1. The van der Waals surface area contributed by atoms with Crippen LogP contribution in [-0.2, 0) is 19.0 Å². The van der Waals surface area contributed by atoms with Gasteiger partial charge in [-0.2, -0.15) is 0 Å². The second-order valence-corrected chi connectivity index (χ2v) is 5.81. The molecular formula is C19H26O4. The van der Waals surface area contributed by atoms with E-state index in [1.807, 2.05) is 13.0 Å². The molecule has 0 N–H and O–H groups in total. The monoisotopic (exact) mass is 318 g/mol. The molecule has 1 aliphatic rings. The van der Waals surface area contributed by atoms with Gasteiger partial charge in [-0.3, -0.25) is 4.79 Å². The molecule has 0 aromatic heterocycles. The first-order chi connectivity index (χ1) is 11.1. The Morgan fingerprint density at radius 1 is 1.48 bits per heavy atom. The van der Waals surface area contributed by atoms with Gasteiger partial charge < -0.3 is 14.2 Å². The third-order valence-electron chi connectivity index (χ3n) is 3.73. The average Bonchev–Trinajstić information content (AvgIpc) is 3.34. The second-order valence-electron chi connectivity index (χ2n) is 5.81. The molecule has 1 saturated heterocycles.